The van der Waals surface area contributed by atoms with Crippen molar-refractivity contribution in [1.82, 2.24) is 5.32 Å². The predicted molar refractivity (Wildman–Crippen MR) is 84.2 cm³/mol. The van der Waals surface area contributed by atoms with Gasteiger partial charge in [-0.2, -0.15) is 0 Å². The zero-order valence-corrected chi connectivity index (χ0v) is 13.0. The molecule has 1 aliphatic rings. The van der Waals surface area contributed by atoms with Crippen LogP contribution in [0, 0.1) is 11.3 Å². The first-order valence-corrected chi connectivity index (χ1v) is 7.63. The van der Waals surface area contributed by atoms with Crippen LogP contribution in [-0.4, -0.2) is 18.9 Å². The number of hydrogen-bond acceptors (Lipinski definition) is 3. The second-order valence-corrected chi connectivity index (χ2v) is 6.61. The summed E-state index contributed by atoms with van der Waals surface area (Å²) in [6, 6.07) is 5.21. The van der Waals surface area contributed by atoms with Crippen LogP contribution >= 0.6 is 11.6 Å². The summed E-state index contributed by atoms with van der Waals surface area (Å²) < 4.78 is 0. The maximum Gasteiger partial charge on any atom is 0.170 e. The molecule has 1 heterocycles. The van der Waals surface area contributed by atoms with Gasteiger partial charge in [0.15, 0.2) is 5.78 Å². The SMILES string of the molecule is CC(C)CC[C@]1(C(=O)c2ccc(N)c(Cl)c2)CCNC1. The second kappa shape index (κ2) is 6.15. The molecule has 4 heteroatoms. The van der Waals surface area contributed by atoms with Gasteiger partial charge in [-0.25, -0.2) is 0 Å². The smallest absolute Gasteiger partial charge is 0.170 e. The van der Waals surface area contributed by atoms with Crippen LogP contribution in [0.3, 0.4) is 0 Å². The fourth-order valence-electron chi connectivity index (χ4n) is 2.80. The molecular formula is C16H23ClN2O. The van der Waals surface area contributed by atoms with Crippen LogP contribution in [0.5, 0.6) is 0 Å². The number of rotatable bonds is 5. The number of nitrogens with two attached hydrogens (primary N) is 1. The van der Waals surface area contributed by atoms with Crippen molar-refractivity contribution in [3.05, 3.63) is 28.8 Å². The Labute approximate surface area is 125 Å². The zero-order chi connectivity index (χ0) is 14.8. The van der Waals surface area contributed by atoms with E-state index in [0.29, 0.717) is 22.2 Å². The Morgan fingerprint density at radius 2 is 2.25 bits per heavy atom. The Morgan fingerprint density at radius 1 is 1.50 bits per heavy atom. The number of carbonyl (C=O) groups is 1. The van der Waals surface area contributed by atoms with Crippen molar-refractivity contribution in [2.24, 2.45) is 11.3 Å². The molecule has 0 radical (unpaired) electrons. The molecule has 0 amide bonds. The molecule has 110 valence electrons. The van der Waals surface area contributed by atoms with Gasteiger partial charge in [0.05, 0.1) is 10.7 Å². The van der Waals surface area contributed by atoms with Crippen LogP contribution in [0.4, 0.5) is 5.69 Å². The Kier molecular flexibility index (Phi) is 4.71. The van der Waals surface area contributed by atoms with Gasteiger partial charge in [0.2, 0.25) is 0 Å². The first-order chi connectivity index (χ1) is 9.44. The van der Waals surface area contributed by atoms with E-state index in [9.17, 15) is 4.79 Å². The Balaban J connectivity index is 2.24. The number of nitrogens with one attached hydrogen (secondary N) is 1. The van der Waals surface area contributed by atoms with Crippen LogP contribution in [0.2, 0.25) is 5.02 Å². The molecular weight excluding hydrogens is 272 g/mol. The number of carbonyl (C=O) groups excluding carboxylic acids is 1. The summed E-state index contributed by atoms with van der Waals surface area (Å²) in [6.07, 6.45) is 2.90. The fraction of sp³-hybridized carbons (Fsp3) is 0.562. The van der Waals surface area contributed by atoms with Crippen molar-refractivity contribution in [3.8, 4) is 0 Å². The monoisotopic (exact) mass is 294 g/mol. The van der Waals surface area contributed by atoms with E-state index in [1.165, 1.54) is 0 Å². The van der Waals surface area contributed by atoms with E-state index < -0.39 is 0 Å². The second-order valence-electron chi connectivity index (χ2n) is 6.21. The minimum Gasteiger partial charge on any atom is -0.398 e. The van der Waals surface area contributed by atoms with Crippen molar-refractivity contribution in [3.63, 3.8) is 0 Å². The summed E-state index contributed by atoms with van der Waals surface area (Å²) in [5.74, 6) is 0.806. The van der Waals surface area contributed by atoms with Crippen LogP contribution in [0.15, 0.2) is 18.2 Å². The van der Waals surface area contributed by atoms with Crippen molar-refractivity contribution in [2.75, 3.05) is 18.8 Å². The average Bonchev–Trinajstić information content (AvgIpc) is 2.89. The predicted octanol–water partition coefficient (Wildman–Crippen LogP) is 3.52. The molecule has 0 unspecified atom stereocenters. The largest absolute Gasteiger partial charge is 0.398 e. The van der Waals surface area contributed by atoms with Crippen molar-refractivity contribution >= 4 is 23.1 Å². The topological polar surface area (TPSA) is 55.1 Å². The summed E-state index contributed by atoms with van der Waals surface area (Å²) >= 11 is 6.04. The molecule has 0 aliphatic carbocycles. The summed E-state index contributed by atoms with van der Waals surface area (Å²) in [7, 11) is 0. The molecule has 1 aromatic carbocycles. The maximum atomic E-state index is 12.9. The highest BCUT2D eigenvalue weighted by Crippen LogP contribution is 2.37. The number of hydrogen-bond donors (Lipinski definition) is 2. The molecule has 2 rings (SSSR count). The number of nitrogen functional groups attached to an aromatic ring is 1. The van der Waals surface area contributed by atoms with E-state index in [0.717, 1.165) is 32.4 Å². The number of anilines is 1. The minimum absolute atomic E-state index is 0.199. The first-order valence-electron chi connectivity index (χ1n) is 7.25. The molecule has 1 aromatic rings. The van der Waals surface area contributed by atoms with Crippen molar-refractivity contribution < 1.29 is 4.79 Å². The molecule has 3 N–H and O–H groups in total. The average molecular weight is 295 g/mol. The van der Waals surface area contributed by atoms with Gasteiger partial charge in [-0.05, 0) is 49.9 Å². The normalized spacial score (nSPS) is 22.4. The molecule has 20 heavy (non-hydrogen) atoms. The molecule has 1 atom stereocenters. The van der Waals surface area contributed by atoms with Gasteiger partial charge < -0.3 is 11.1 Å². The Bertz CT molecular complexity index is 493. The van der Waals surface area contributed by atoms with Gasteiger partial charge in [0.25, 0.3) is 0 Å². The van der Waals surface area contributed by atoms with E-state index in [1.807, 2.05) is 0 Å². The van der Waals surface area contributed by atoms with E-state index in [4.69, 9.17) is 17.3 Å². The number of benzene rings is 1. The highest BCUT2D eigenvalue weighted by Gasteiger charge is 2.41. The van der Waals surface area contributed by atoms with Crippen LogP contribution in [-0.2, 0) is 0 Å². The van der Waals surface area contributed by atoms with Gasteiger partial charge in [-0.15, -0.1) is 0 Å². The van der Waals surface area contributed by atoms with Gasteiger partial charge in [0, 0.05) is 17.5 Å². The lowest BCUT2D eigenvalue weighted by atomic mass is 9.75. The quantitative estimate of drug-likeness (QED) is 0.645. The van der Waals surface area contributed by atoms with E-state index >= 15 is 0 Å². The van der Waals surface area contributed by atoms with Gasteiger partial charge in [0.1, 0.15) is 0 Å². The Hall–Kier alpha value is -1.06. The minimum atomic E-state index is -0.274. The maximum absolute atomic E-state index is 12.9. The zero-order valence-electron chi connectivity index (χ0n) is 12.2. The molecule has 1 fully saturated rings. The summed E-state index contributed by atoms with van der Waals surface area (Å²) in [5.41, 5.74) is 6.64. The molecule has 1 saturated heterocycles. The van der Waals surface area contributed by atoms with Gasteiger partial charge in [-0.1, -0.05) is 25.4 Å². The number of ketones is 1. The molecule has 3 nitrogen and oxygen atoms in total. The van der Waals surface area contributed by atoms with E-state index in [-0.39, 0.29) is 11.2 Å². The summed E-state index contributed by atoms with van der Waals surface area (Å²) in [5, 5.41) is 3.79. The molecule has 1 aliphatic heterocycles. The van der Waals surface area contributed by atoms with Crippen molar-refractivity contribution in [2.45, 2.75) is 33.1 Å². The summed E-state index contributed by atoms with van der Waals surface area (Å²) in [6.45, 7) is 6.06. The molecule has 0 saturated carbocycles. The lowest BCUT2D eigenvalue weighted by Crippen LogP contribution is -2.34. The summed E-state index contributed by atoms with van der Waals surface area (Å²) in [4.78, 5) is 12.9. The standard InChI is InChI=1S/C16H23ClN2O/c1-11(2)5-6-16(7-8-19-10-16)15(20)12-3-4-14(18)13(17)9-12/h3-4,9,11,19H,5-8,10,18H2,1-2H3/t16-/m0/s1. The highest BCUT2D eigenvalue weighted by atomic mass is 35.5. The van der Waals surface area contributed by atoms with Crippen LogP contribution < -0.4 is 11.1 Å². The third-order valence-corrected chi connectivity index (χ3v) is 4.52. The van der Waals surface area contributed by atoms with Crippen molar-refractivity contribution in [1.29, 1.82) is 0 Å². The fourth-order valence-corrected chi connectivity index (χ4v) is 2.98. The highest BCUT2D eigenvalue weighted by molar-refractivity contribution is 6.33. The lowest BCUT2D eigenvalue weighted by molar-refractivity contribution is 0.0794. The number of Topliss-reactive ketones (excluding diaryl/α,β-unsaturated/α-hetero) is 1. The first kappa shape index (κ1) is 15.3. The van der Waals surface area contributed by atoms with E-state index in [2.05, 4.69) is 19.2 Å². The molecule has 0 spiro atoms. The van der Waals surface area contributed by atoms with E-state index in [1.54, 1.807) is 18.2 Å². The lowest BCUT2D eigenvalue weighted by Gasteiger charge is -2.27. The van der Waals surface area contributed by atoms with Gasteiger partial charge in [-0.3, -0.25) is 4.79 Å². The molecule has 0 aromatic heterocycles. The van der Waals surface area contributed by atoms with Gasteiger partial charge >= 0.3 is 0 Å². The third kappa shape index (κ3) is 3.15. The molecule has 0 bridgehead atoms. The van der Waals surface area contributed by atoms with Crippen LogP contribution in [0.25, 0.3) is 0 Å². The number of halogens is 1. The third-order valence-electron chi connectivity index (χ3n) is 4.19. The van der Waals surface area contributed by atoms with Crippen LogP contribution in [0.1, 0.15) is 43.5 Å². The Morgan fingerprint density at radius 3 is 2.80 bits per heavy atom.